The Balaban J connectivity index is 2.02. The maximum Gasteiger partial charge on any atom is 0.178 e. The molecule has 1 aliphatic heterocycles. The van der Waals surface area contributed by atoms with E-state index in [1.54, 1.807) is 6.20 Å². The van der Waals surface area contributed by atoms with Crippen LogP contribution in [0.1, 0.15) is 18.9 Å². The van der Waals surface area contributed by atoms with E-state index in [0.717, 1.165) is 37.2 Å². The van der Waals surface area contributed by atoms with Crippen LogP contribution < -0.4 is 0 Å². The number of fused-ring (bicyclic) bond motifs is 1. The number of aromatic nitrogens is 4. The zero-order valence-electron chi connectivity index (χ0n) is 8.33. The molecule has 0 bridgehead atoms. The number of hydrogen-bond acceptors (Lipinski definition) is 4. The monoisotopic (exact) mass is 204 g/mol. The van der Waals surface area contributed by atoms with Crippen LogP contribution in [0, 0.1) is 0 Å². The maximum absolute atomic E-state index is 5.33. The Labute approximate surface area is 87.1 Å². The van der Waals surface area contributed by atoms with Gasteiger partial charge in [0.15, 0.2) is 5.65 Å². The average Bonchev–Trinajstić information content (AvgIpc) is 2.74. The Morgan fingerprint density at radius 2 is 2.20 bits per heavy atom. The predicted octanol–water partition coefficient (Wildman–Crippen LogP) is 1.18. The van der Waals surface area contributed by atoms with Gasteiger partial charge in [0.2, 0.25) is 0 Å². The largest absolute Gasteiger partial charge is 0.381 e. The second-order valence-corrected chi connectivity index (χ2v) is 3.72. The quantitative estimate of drug-likeness (QED) is 0.699. The van der Waals surface area contributed by atoms with Gasteiger partial charge in [0, 0.05) is 19.4 Å². The number of hydrogen-bond donors (Lipinski definition) is 0. The molecule has 0 aromatic carbocycles. The van der Waals surface area contributed by atoms with Crippen LogP contribution in [0.2, 0.25) is 0 Å². The van der Waals surface area contributed by atoms with Crippen LogP contribution in [-0.2, 0) is 4.74 Å². The molecular formula is C10H12N4O. The van der Waals surface area contributed by atoms with Gasteiger partial charge in [-0.2, -0.15) is 0 Å². The molecule has 3 rings (SSSR count). The van der Waals surface area contributed by atoms with Gasteiger partial charge in [-0.05, 0) is 25.0 Å². The van der Waals surface area contributed by atoms with Crippen LogP contribution in [0.3, 0.4) is 0 Å². The Morgan fingerprint density at radius 3 is 3.07 bits per heavy atom. The Morgan fingerprint density at radius 1 is 1.33 bits per heavy atom. The summed E-state index contributed by atoms with van der Waals surface area (Å²) in [5, 5.41) is 8.27. The molecule has 2 aromatic heterocycles. The van der Waals surface area contributed by atoms with Crippen molar-refractivity contribution < 1.29 is 4.74 Å². The molecular weight excluding hydrogens is 192 g/mol. The highest BCUT2D eigenvalue weighted by molar-refractivity contribution is 5.68. The SMILES string of the molecule is c1cnc2c(c1)nnn2C1CCOCC1. The number of ether oxygens (including phenoxy) is 1. The fourth-order valence-corrected chi connectivity index (χ4v) is 1.96. The highest BCUT2D eigenvalue weighted by Crippen LogP contribution is 2.22. The molecule has 0 saturated carbocycles. The molecule has 15 heavy (non-hydrogen) atoms. The molecule has 2 aromatic rings. The molecule has 78 valence electrons. The van der Waals surface area contributed by atoms with Gasteiger partial charge in [-0.25, -0.2) is 9.67 Å². The minimum Gasteiger partial charge on any atom is -0.381 e. The van der Waals surface area contributed by atoms with Crippen LogP contribution in [0.15, 0.2) is 18.3 Å². The summed E-state index contributed by atoms with van der Waals surface area (Å²) in [6, 6.07) is 4.20. The topological polar surface area (TPSA) is 52.8 Å². The lowest BCUT2D eigenvalue weighted by molar-refractivity contribution is 0.0668. The van der Waals surface area contributed by atoms with Gasteiger partial charge in [-0.1, -0.05) is 5.21 Å². The number of nitrogens with zero attached hydrogens (tertiary/aromatic N) is 4. The maximum atomic E-state index is 5.33. The summed E-state index contributed by atoms with van der Waals surface area (Å²) in [7, 11) is 0. The molecule has 5 nitrogen and oxygen atoms in total. The normalized spacial score (nSPS) is 18.4. The van der Waals surface area contributed by atoms with Crippen molar-refractivity contribution in [1.82, 2.24) is 20.0 Å². The molecule has 0 atom stereocenters. The summed E-state index contributed by atoms with van der Waals surface area (Å²) in [6.45, 7) is 1.61. The van der Waals surface area contributed by atoms with E-state index < -0.39 is 0 Å². The van der Waals surface area contributed by atoms with E-state index in [1.165, 1.54) is 0 Å². The Hall–Kier alpha value is -1.49. The molecule has 1 aliphatic rings. The van der Waals surface area contributed by atoms with E-state index in [4.69, 9.17) is 4.74 Å². The van der Waals surface area contributed by atoms with E-state index in [1.807, 2.05) is 16.8 Å². The molecule has 0 unspecified atom stereocenters. The highest BCUT2D eigenvalue weighted by Gasteiger charge is 2.19. The zero-order valence-corrected chi connectivity index (χ0v) is 8.33. The summed E-state index contributed by atoms with van der Waals surface area (Å²) < 4.78 is 7.26. The third-order valence-corrected chi connectivity index (χ3v) is 2.77. The van der Waals surface area contributed by atoms with Crippen molar-refractivity contribution in [3.8, 4) is 0 Å². The lowest BCUT2D eigenvalue weighted by atomic mass is 10.1. The summed E-state index contributed by atoms with van der Waals surface area (Å²) in [5.41, 5.74) is 1.74. The van der Waals surface area contributed by atoms with Gasteiger partial charge >= 0.3 is 0 Å². The highest BCUT2D eigenvalue weighted by atomic mass is 16.5. The molecule has 3 heterocycles. The smallest absolute Gasteiger partial charge is 0.178 e. The summed E-state index contributed by atoms with van der Waals surface area (Å²) in [4.78, 5) is 4.31. The van der Waals surface area contributed by atoms with Gasteiger partial charge < -0.3 is 4.74 Å². The Kier molecular flexibility index (Phi) is 2.10. The van der Waals surface area contributed by atoms with Crippen molar-refractivity contribution in [2.75, 3.05) is 13.2 Å². The van der Waals surface area contributed by atoms with Crippen molar-refractivity contribution >= 4 is 11.2 Å². The van der Waals surface area contributed by atoms with E-state index in [0.29, 0.717) is 6.04 Å². The second-order valence-electron chi connectivity index (χ2n) is 3.72. The van der Waals surface area contributed by atoms with E-state index >= 15 is 0 Å². The molecule has 1 fully saturated rings. The zero-order chi connectivity index (χ0) is 10.1. The second kappa shape index (κ2) is 3.58. The van der Waals surface area contributed by atoms with Crippen molar-refractivity contribution in [3.63, 3.8) is 0 Å². The molecule has 5 heteroatoms. The molecule has 0 aliphatic carbocycles. The summed E-state index contributed by atoms with van der Waals surface area (Å²) in [6.07, 6.45) is 3.77. The third kappa shape index (κ3) is 1.48. The van der Waals surface area contributed by atoms with Gasteiger partial charge in [0.05, 0.1) is 6.04 Å². The van der Waals surface area contributed by atoms with Gasteiger partial charge in [0.25, 0.3) is 0 Å². The first-order valence-electron chi connectivity index (χ1n) is 5.19. The third-order valence-electron chi connectivity index (χ3n) is 2.77. The average molecular weight is 204 g/mol. The Bertz CT molecular complexity index is 461. The molecule has 0 radical (unpaired) electrons. The van der Waals surface area contributed by atoms with Crippen molar-refractivity contribution in [2.24, 2.45) is 0 Å². The van der Waals surface area contributed by atoms with E-state index in [2.05, 4.69) is 15.3 Å². The predicted molar refractivity (Wildman–Crippen MR) is 54.4 cm³/mol. The van der Waals surface area contributed by atoms with Gasteiger partial charge in [0.1, 0.15) is 5.52 Å². The van der Waals surface area contributed by atoms with Crippen molar-refractivity contribution in [3.05, 3.63) is 18.3 Å². The first-order valence-corrected chi connectivity index (χ1v) is 5.19. The fraction of sp³-hybridized carbons (Fsp3) is 0.500. The lowest BCUT2D eigenvalue weighted by Gasteiger charge is -2.21. The van der Waals surface area contributed by atoms with E-state index in [-0.39, 0.29) is 0 Å². The standard InChI is InChI=1S/C10H12N4O/c1-2-9-10(11-5-1)14(13-12-9)8-3-6-15-7-4-8/h1-2,5,8H,3-4,6-7H2. The van der Waals surface area contributed by atoms with Crippen LogP contribution in [0.4, 0.5) is 0 Å². The van der Waals surface area contributed by atoms with Crippen molar-refractivity contribution in [1.29, 1.82) is 0 Å². The van der Waals surface area contributed by atoms with E-state index in [9.17, 15) is 0 Å². The minimum absolute atomic E-state index is 0.388. The summed E-state index contributed by atoms with van der Waals surface area (Å²) in [5.74, 6) is 0. The lowest BCUT2D eigenvalue weighted by Crippen LogP contribution is -2.20. The first kappa shape index (κ1) is 8.79. The van der Waals surface area contributed by atoms with Gasteiger partial charge in [-0.3, -0.25) is 0 Å². The molecule has 0 N–H and O–H groups in total. The number of rotatable bonds is 1. The summed E-state index contributed by atoms with van der Waals surface area (Å²) >= 11 is 0. The van der Waals surface area contributed by atoms with Crippen LogP contribution in [0.25, 0.3) is 11.2 Å². The van der Waals surface area contributed by atoms with Crippen molar-refractivity contribution in [2.45, 2.75) is 18.9 Å². The van der Waals surface area contributed by atoms with Gasteiger partial charge in [-0.15, -0.1) is 5.10 Å². The van der Waals surface area contributed by atoms with Crippen LogP contribution in [-0.4, -0.2) is 33.2 Å². The van der Waals surface area contributed by atoms with Crippen LogP contribution >= 0.6 is 0 Å². The first-order chi connectivity index (χ1) is 7.45. The number of pyridine rings is 1. The molecule has 1 saturated heterocycles. The molecule has 0 spiro atoms. The van der Waals surface area contributed by atoms with Crippen LogP contribution in [0.5, 0.6) is 0 Å². The molecule has 0 amide bonds. The fourth-order valence-electron chi connectivity index (χ4n) is 1.96. The minimum atomic E-state index is 0.388.